The van der Waals surface area contributed by atoms with Crippen molar-refractivity contribution in [3.05, 3.63) is 24.3 Å². The average molecular weight is 316 g/mol. The number of fused-ring (bicyclic) bond motifs is 1. The molecule has 1 saturated heterocycles. The van der Waals surface area contributed by atoms with Crippen molar-refractivity contribution in [2.75, 3.05) is 26.2 Å². The van der Waals surface area contributed by atoms with Gasteiger partial charge in [0.2, 0.25) is 0 Å². The minimum absolute atomic E-state index is 0.146. The molecule has 0 aromatic carbocycles. The van der Waals surface area contributed by atoms with Gasteiger partial charge in [-0.25, -0.2) is 4.99 Å². The predicted octanol–water partition coefficient (Wildman–Crippen LogP) is 2.58. The normalized spacial score (nSPS) is 27.7. The lowest BCUT2D eigenvalue weighted by atomic mass is 9.96. The molecule has 0 bridgehead atoms. The van der Waals surface area contributed by atoms with Gasteiger partial charge in [0.05, 0.1) is 11.6 Å². The van der Waals surface area contributed by atoms with Gasteiger partial charge in [-0.1, -0.05) is 25.2 Å². The molecule has 2 aliphatic heterocycles. The minimum Gasteiger partial charge on any atom is -0.319 e. The third-order valence-corrected chi connectivity index (χ3v) is 4.74. The summed E-state index contributed by atoms with van der Waals surface area (Å²) in [6.07, 6.45) is 12.0. The summed E-state index contributed by atoms with van der Waals surface area (Å²) in [5, 5.41) is 3.68. The molecular weight excluding hydrogens is 292 g/mol. The number of amidine groups is 1. The Balaban J connectivity index is 1.50. The fraction of sp³-hybridized carbons (Fsp3) is 0.588. The van der Waals surface area contributed by atoms with E-state index in [0.29, 0.717) is 5.11 Å². The first-order valence-corrected chi connectivity index (χ1v) is 8.64. The number of nitrogens with one attached hydrogen (secondary N) is 1. The first-order valence-electron chi connectivity index (χ1n) is 8.23. The molecule has 2 heterocycles. The lowest BCUT2D eigenvalue weighted by Gasteiger charge is -2.30. The van der Waals surface area contributed by atoms with Crippen molar-refractivity contribution in [1.29, 1.82) is 0 Å². The van der Waals surface area contributed by atoms with Gasteiger partial charge in [0.25, 0.3) is 0 Å². The zero-order valence-corrected chi connectivity index (χ0v) is 14.0. The summed E-state index contributed by atoms with van der Waals surface area (Å²) in [5.74, 6) is 1.99. The van der Waals surface area contributed by atoms with E-state index in [1.165, 1.54) is 25.9 Å². The highest BCUT2D eigenvalue weighted by atomic mass is 32.1. The smallest absolute Gasteiger partial charge is 0.198 e. The molecule has 0 radical (unpaired) electrons. The summed E-state index contributed by atoms with van der Waals surface area (Å²) in [5.41, 5.74) is 0.995. The molecule has 5 heteroatoms. The van der Waals surface area contributed by atoms with Crippen molar-refractivity contribution in [3.63, 3.8) is 0 Å². The number of hydrogen-bond acceptors (Lipinski definition) is 3. The summed E-state index contributed by atoms with van der Waals surface area (Å²) >= 11 is 5.20. The van der Waals surface area contributed by atoms with Crippen molar-refractivity contribution in [1.82, 2.24) is 10.2 Å². The fourth-order valence-electron chi connectivity index (χ4n) is 3.12. The zero-order chi connectivity index (χ0) is 15.4. The highest BCUT2D eigenvalue weighted by molar-refractivity contribution is 7.80. The SMILES string of the molecule is CC1CCN(CCCN=C2NC(=S)N=C3C=CC=CC32)CC1. The maximum absolute atomic E-state index is 5.20. The van der Waals surface area contributed by atoms with E-state index in [4.69, 9.17) is 17.2 Å². The summed E-state index contributed by atoms with van der Waals surface area (Å²) in [6, 6.07) is 0. The summed E-state index contributed by atoms with van der Waals surface area (Å²) < 4.78 is 0. The van der Waals surface area contributed by atoms with Gasteiger partial charge in [0.1, 0.15) is 5.84 Å². The van der Waals surface area contributed by atoms with E-state index in [9.17, 15) is 0 Å². The number of thiocarbonyl (C=S) groups is 1. The fourth-order valence-corrected chi connectivity index (χ4v) is 3.33. The summed E-state index contributed by atoms with van der Waals surface area (Å²) in [7, 11) is 0. The molecule has 1 atom stereocenters. The Labute approximate surface area is 138 Å². The number of rotatable bonds is 4. The third-order valence-electron chi connectivity index (χ3n) is 4.55. The number of hydrogen-bond donors (Lipinski definition) is 1. The average Bonchev–Trinajstić information content (AvgIpc) is 2.53. The van der Waals surface area contributed by atoms with Gasteiger partial charge in [0, 0.05) is 6.54 Å². The van der Waals surface area contributed by atoms with Gasteiger partial charge in [-0.05, 0) is 63.1 Å². The van der Waals surface area contributed by atoms with E-state index in [0.717, 1.165) is 37.0 Å². The molecule has 0 saturated carbocycles. The summed E-state index contributed by atoms with van der Waals surface area (Å²) in [4.78, 5) is 11.7. The minimum atomic E-state index is 0.146. The van der Waals surface area contributed by atoms with Crippen molar-refractivity contribution < 1.29 is 0 Å². The molecule has 22 heavy (non-hydrogen) atoms. The van der Waals surface area contributed by atoms with E-state index in [2.05, 4.69) is 28.2 Å². The van der Waals surface area contributed by atoms with Crippen LogP contribution in [-0.2, 0) is 0 Å². The maximum atomic E-state index is 5.20. The standard InChI is InChI=1S/C17H24N4S/c1-13-7-11-21(12-8-13)10-4-9-18-16-14-5-2-3-6-15(14)19-17(22)20-16/h2-3,5-6,13-14H,4,7-12H2,1H3,(H,18,20,22). The molecule has 0 spiro atoms. The molecule has 1 aliphatic carbocycles. The number of likely N-dealkylation sites (tertiary alicyclic amines) is 1. The zero-order valence-electron chi connectivity index (χ0n) is 13.2. The van der Waals surface area contributed by atoms with Crippen LogP contribution in [0.15, 0.2) is 34.3 Å². The Kier molecular flexibility index (Phi) is 5.16. The second kappa shape index (κ2) is 7.29. The van der Waals surface area contributed by atoms with E-state index < -0.39 is 0 Å². The molecule has 1 N–H and O–H groups in total. The lowest BCUT2D eigenvalue weighted by molar-refractivity contribution is 0.192. The van der Waals surface area contributed by atoms with Crippen molar-refractivity contribution in [2.45, 2.75) is 26.2 Å². The third kappa shape index (κ3) is 3.90. The van der Waals surface area contributed by atoms with Crippen molar-refractivity contribution in [2.24, 2.45) is 21.8 Å². The van der Waals surface area contributed by atoms with Crippen molar-refractivity contribution in [3.8, 4) is 0 Å². The van der Waals surface area contributed by atoms with Crippen LogP contribution >= 0.6 is 12.2 Å². The first-order chi connectivity index (χ1) is 10.7. The second-order valence-electron chi connectivity index (χ2n) is 6.33. The van der Waals surface area contributed by atoms with Gasteiger partial charge in [-0.15, -0.1) is 0 Å². The molecule has 0 aromatic rings. The van der Waals surface area contributed by atoms with Crippen LogP contribution in [0.1, 0.15) is 26.2 Å². The first kappa shape index (κ1) is 15.6. The van der Waals surface area contributed by atoms with Crippen LogP contribution in [0.5, 0.6) is 0 Å². The molecule has 0 amide bonds. The molecule has 1 fully saturated rings. The Morgan fingerprint density at radius 3 is 3.00 bits per heavy atom. The van der Waals surface area contributed by atoms with Gasteiger partial charge in [-0.3, -0.25) is 4.99 Å². The van der Waals surface area contributed by atoms with Gasteiger partial charge in [0.15, 0.2) is 5.11 Å². The molecule has 3 rings (SSSR count). The number of piperidine rings is 1. The second-order valence-corrected chi connectivity index (χ2v) is 6.72. The molecule has 1 unspecified atom stereocenters. The van der Waals surface area contributed by atoms with Crippen LogP contribution in [0, 0.1) is 11.8 Å². The van der Waals surface area contributed by atoms with E-state index in [-0.39, 0.29) is 5.92 Å². The van der Waals surface area contributed by atoms with Crippen LogP contribution < -0.4 is 5.32 Å². The Morgan fingerprint density at radius 2 is 2.18 bits per heavy atom. The van der Waals surface area contributed by atoms with Crippen LogP contribution in [-0.4, -0.2) is 47.7 Å². The highest BCUT2D eigenvalue weighted by Gasteiger charge is 2.24. The quantitative estimate of drug-likeness (QED) is 0.640. The molecule has 3 aliphatic rings. The Hall–Kier alpha value is -1.33. The Morgan fingerprint density at radius 1 is 1.36 bits per heavy atom. The monoisotopic (exact) mass is 316 g/mol. The number of aliphatic imine (C=N–C) groups is 2. The summed E-state index contributed by atoms with van der Waals surface area (Å²) in [6.45, 7) is 6.83. The van der Waals surface area contributed by atoms with Crippen LogP contribution in [0.25, 0.3) is 0 Å². The molecule has 0 aromatic heterocycles. The van der Waals surface area contributed by atoms with E-state index in [1.807, 2.05) is 18.2 Å². The number of nitrogens with zero attached hydrogens (tertiary/aromatic N) is 3. The predicted molar refractivity (Wildman–Crippen MR) is 96.7 cm³/mol. The van der Waals surface area contributed by atoms with Crippen LogP contribution in [0.3, 0.4) is 0 Å². The number of allylic oxidation sites excluding steroid dienone is 3. The van der Waals surface area contributed by atoms with Crippen LogP contribution in [0.4, 0.5) is 0 Å². The van der Waals surface area contributed by atoms with Gasteiger partial charge < -0.3 is 10.2 Å². The van der Waals surface area contributed by atoms with E-state index in [1.54, 1.807) is 0 Å². The maximum Gasteiger partial charge on any atom is 0.198 e. The topological polar surface area (TPSA) is 40.0 Å². The van der Waals surface area contributed by atoms with Gasteiger partial charge >= 0.3 is 0 Å². The van der Waals surface area contributed by atoms with Crippen LogP contribution in [0.2, 0.25) is 0 Å². The van der Waals surface area contributed by atoms with Crippen molar-refractivity contribution >= 4 is 28.9 Å². The van der Waals surface area contributed by atoms with Gasteiger partial charge in [-0.2, -0.15) is 0 Å². The highest BCUT2D eigenvalue weighted by Crippen LogP contribution is 2.17. The molecular formula is C17H24N4S. The van der Waals surface area contributed by atoms with E-state index >= 15 is 0 Å². The Bertz CT molecular complexity index is 539. The largest absolute Gasteiger partial charge is 0.319 e. The molecule has 4 nitrogen and oxygen atoms in total. The molecule has 118 valence electrons. The lowest BCUT2D eigenvalue weighted by Crippen LogP contribution is -2.42.